The summed E-state index contributed by atoms with van der Waals surface area (Å²) in [6.07, 6.45) is 4.34. The van der Waals surface area contributed by atoms with Crippen LogP contribution in [0.15, 0.2) is 40.9 Å². The lowest BCUT2D eigenvalue weighted by Gasteiger charge is -2.36. The number of nitrogens with one attached hydrogen (secondary N) is 1. The Kier molecular flexibility index (Phi) is 7.35. The van der Waals surface area contributed by atoms with E-state index in [1.165, 1.54) is 11.1 Å². The fourth-order valence-electron chi connectivity index (χ4n) is 3.43. The fourth-order valence-corrected chi connectivity index (χ4v) is 3.55. The Hall–Kier alpha value is -1.56. The van der Waals surface area contributed by atoms with Crippen molar-refractivity contribution in [3.05, 3.63) is 46.5 Å². The van der Waals surface area contributed by atoms with E-state index in [1.54, 1.807) is 0 Å². The van der Waals surface area contributed by atoms with Crippen LogP contribution in [0.3, 0.4) is 0 Å². The van der Waals surface area contributed by atoms with Gasteiger partial charge in [0.05, 0.1) is 13.2 Å². The number of rotatable bonds is 5. The van der Waals surface area contributed by atoms with E-state index in [0.29, 0.717) is 0 Å². The summed E-state index contributed by atoms with van der Waals surface area (Å²) in [5.41, 5.74) is 2.81. The molecule has 1 aromatic rings. The van der Waals surface area contributed by atoms with Crippen molar-refractivity contribution < 1.29 is 4.74 Å². The standard InChI is InChI=1S/C20H29ClN4O/c1-22-20(23-9-6-17-7-14-26-15-8-17)25-12-10-24(11-13-25)16-18-2-4-19(21)5-3-18/h2-5,7H,6,8-16H2,1H3,(H,22,23). The van der Waals surface area contributed by atoms with Gasteiger partial charge in [-0.05, 0) is 30.5 Å². The largest absolute Gasteiger partial charge is 0.377 e. The SMILES string of the molecule is CN=C(NCCC1=CCOCC1)N1CCN(Cc2ccc(Cl)cc2)CC1. The molecule has 3 rings (SSSR count). The van der Waals surface area contributed by atoms with Gasteiger partial charge in [0.1, 0.15) is 0 Å². The van der Waals surface area contributed by atoms with Gasteiger partial charge in [-0.3, -0.25) is 9.89 Å². The minimum atomic E-state index is 0.764. The Bertz CT molecular complexity index is 621. The third-order valence-electron chi connectivity index (χ3n) is 4.99. The molecule has 2 aliphatic rings. The summed E-state index contributed by atoms with van der Waals surface area (Å²) >= 11 is 5.97. The van der Waals surface area contributed by atoms with Crippen molar-refractivity contribution in [2.45, 2.75) is 19.4 Å². The van der Waals surface area contributed by atoms with Gasteiger partial charge in [-0.25, -0.2) is 0 Å². The van der Waals surface area contributed by atoms with Crippen molar-refractivity contribution in [1.82, 2.24) is 15.1 Å². The maximum Gasteiger partial charge on any atom is 0.193 e. The quantitative estimate of drug-likeness (QED) is 0.487. The summed E-state index contributed by atoms with van der Waals surface area (Å²) in [5.74, 6) is 1.02. The predicted octanol–water partition coefficient (Wildman–Crippen LogP) is 2.77. The molecule has 5 nitrogen and oxygen atoms in total. The maximum atomic E-state index is 5.97. The molecule has 2 heterocycles. The summed E-state index contributed by atoms with van der Waals surface area (Å²) in [6, 6.07) is 8.15. The highest BCUT2D eigenvalue weighted by Gasteiger charge is 2.19. The van der Waals surface area contributed by atoms with E-state index in [1.807, 2.05) is 19.2 Å². The van der Waals surface area contributed by atoms with Crippen molar-refractivity contribution in [1.29, 1.82) is 0 Å². The van der Waals surface area contributed by atoms with Crippen LogP contribution >= 0.6 is 11.6 Å². The fraction of sp³-hybridized carbons (Fsp3) is 0.550. The second-order valence-corrected chi connectivity index (χ2v) is 7.24. The minimum Gasteiger partial charge on any atom is -0.377 e. The molecule has 6 heteroatoms. The molecule has 1 saturated heterocycles. The van der Waals surface area contributed by atoms with Gasteiger partial charge in [0.25, 0.3) is 0 Å². The molecule has 0 unspecified atom stereocenters. The molecular weight excluding hydrogens is 348 g/mol. The van der Waals surface area contributed by atoms with E-state index in [-0.39, 0.29) is 0 Å². The van der Waals surface area contributed by atoms with Crippen molar-refractivity contribution in [2.24, 2.45) is 4.99 Å². The topological polar surface area (TPSA) is 40.1 Å². The molecule has 0 saturated carbocycles. The van der Waals surface area contributed by atoms with E-state index in [9.17, 15) is 0 Å². The lowest BCUT2D eigenvalue weighted by Crippen LogP contribution is -2.52. The molecular formula is C20H29ClN4O. The zero-order chi connectivity index (χ0) is 18.2. The summed E-state index contributed by atoms with van der Waals surface area (Å²) in [6.45, 7) is 7.64. The predicted molar refractivity (Wildman–Crippen MR) is 108 cm³/mol. The Morgan fingerprint density at radius 1 is 1.19 bits per heavy atom. The van der Waals surface area contributed by atoms with Crippen LogP contribution in [0, 0.1) is 0 Å². The number of halogens is 1. The van der Waals surface area contributed by atoms with Crippen LogP contribution in [0.1, 0.15) is 18.4 Å². The van der Waals surface area contributed by atoms with Crippen molar-refractivity contribution >= 4 is 17.6 Å². The normalized spacial score (nSPS) is 19.4. The number of aliphatic imine (C=N–C) groups is 1. The van der Waals surface area contributed by atoms with Crippen LogP contribution in [0.25, 0.3) is 0 Å². The Balaban J connectivity index is 1.40. The highest BCUT2D eigenvalue weighted by molar-refractivity contribution is 6.30. The third kappa shape index (κ3) is 5.73. The monoisotopic (exact) mass is 376 g/mol. The van der Waals surface area contributed by atoms with Gasteiger partial charge in [-0.1, -0.05) is 35.4 Å². The molecule has 1 N–H and O–H groups in total. The number of hydrogen-bond donors (Lipinski definition) is 1. The highest BCUT2D eigenvalue weighted by atomic mass is 35.5. The lowest BCUT2D eigenvalue weighted by molar-refractivity contribution is 0.153. The zero-order valence-electron chi connectivity index (χ0n) is 15.6. The van der Waals surface area contributed by atoms with Crippen LogP contribution in [-0.2, 0) is 11.3 Å². The summed E-state index contributed by atoms with van der Waals surface area (Å²) in [4.78, 5) is 9.31. The summed E-state index contributed by atoms with van der Waals surface area (Å²) in [5, 5.41) is 4.31. The molecule has 0 radical (unpaired) electrons. The molecule has 142 valence electrons. The van der Waals surface area contributed by atoms with Gasteiger partial charge in [0, 0.05) is 51.3 Å². The Morgan fingerprint density at radius 2 is 1.96 bits per heavy atom. The van der Waals surface area contributed by atoms with Gasteiger partial charge in [-0.15, -0.1) is 0 Å². The molecule has 0 amide bonds. The molecule has 26 heavy (non-hydrogen) atoms. The van der Waals surface area contributed by atoms with Crippen LogP contribution in [0.5, 0.6) is 0 Å². The minimum absolute atomic E-state index is 0.764. The molecule has 1 aromatic carbocycles. The molecule has 0 aliphatic carbocycles. The van der Waals surface area contributed by atoms with E-state index in [0.717, 1.165) is 76.3 Å². The van der Waals surface area contributed by atoms with Crippen molar-refractivity contribution in [2.75, 3.05) is 53.0 Å². The molecule has 1 fully saturated rings. The lowest BCUT2D eigenvalue weighted by atomic mass is 10.1. The number of benzene rings is 1. The summed E-state index contributed by atoms with van der Waals surface area (Å²) in [7, 11) is 1.87. The smallest absolute Gasteiger partial charge is 0.193 e. The molecule has 0 bridgehead atoms. The molecule has 0 aromatic heterocycles. The Morgan fingerprint density at radius 3 is 2.62 bits per heavy atom. The van der Waals surface area contributed by atoms with E-state index >= 15 is 0 Å². The first-order chi connectivity index (χ1) is 12.7. The van der Waals surface area contributed by atoms with Gasteiger partial charge >= 0.3 is 0 Å². The molecule has 0 atom stereocenters. The first-order valence-electron chi connectivity index (χ1n) is 9.42. The number of piperazine rings is 1. The van der Waals surface area contributed by atoms with Gasteiger partial charge < -0.3 is 15.0 Å². The van der Waals surface area contributed by atoms with Crippen LogP contribution in [0.2, 0.25) is 5.02 Å². The number of hydrogen-bond acceptors (Lipinski definition) is 3. The Labute approximate surface area is 161 Å². The molecule has 2 aliphatic heterocycles. The number of nitrogens with zero attached hydrogens (tertiary/aromatic N) is 3. The van der Waals surface area contributed by atoms with Crippen LogP contribution < -0.4 is 5.32 Å². The van der Waals surface area contributed by atoms with Gasteiger partial charge in [-0.2, -0.15) is 0 Å². The first-order valence-corrected chi connectivity index (χ1v) is 9.80. The zero-order valence-corrected chi connectivity index (χ0v) is 16.3. The second kappa shape index (κ2) is 9.95. The third-order valence-corrected chi connectivity index (χ3v) is 5.24. The van der Waals surface area contributed by atoms with Crippen LogP contribution in [-0.4, -0.2) is 68.7 Å². The van der Waals surface area contributed by atoms with E-state index in [2.05, 4.69) is 38.3 Å². The average Bonchev–Trinajstić information content (AvgIpc) is 2.69. The molecule has 0 spiro atoms. The second-order valence-electron chi connectivity index (χ2n) is 6.80. The highest BCUT2D eigenvalue weighted by Crippen LogP contribution is 2.13. The maximum absolute atomic E-state index is 5.97. The number of guanidine groups is 1. The van der Waals surface area contributed by atoms with Gasteiger partial charge in [0.2, 0.25) is 0 Å². The summed E-state index contributed by atoms with van der Waals surface area (Å²) < 4.78 is 5.36. The van der Waals surface area contributed by atoms with Crippen molar-refractivity contribution in [3.8, 4) is 0 Å². The van der Waals surface area contributed by atoms with Crippen molar-refractivity contribution in [3.63, 3.8) is 0 Å². The van der Waals surface area contributed by atoms with Gasteiger partial charge in [0.15, 0.2) is 5.96 Å². The van der Waals surface area contributed by atoms with E-state index < -0.39 is 0 Å². The number of ether oxygens (including phenoxy) is 1. The average molecular weight is 377 g/mol. The van der Waals surface area contributed by atoms with E-state index in [4.69, 9.17) is 16.3 Å². The first kappa shape index (κ1) is 19.2. The van der Waals surface area contributed by atoms with Crippen LogP contribution in [0.4, 0.5) is 0 Å².